The van der Waals surface area contributed by atoms with Crippen molar-refractivity contribution >= 4 is 28.4 Å². The predicted octanol–water partition coefficient (Wildman–Crippen LogP) is 3.60. The highest BCUT2D eigenvalue weighted by Gasteiger charge is 2.18. The van der Waals surface area contributed by atoms with E-state index in [1.165, 1.54) is 0 Å². The van der Waals surface area contributed by atoms with E-state index in [4.69, 9.17) is 4.74 Å². The number of fused-ring (bicyclic) bond motifs is 3. The molecule has 0 saturated carbocycles. The summed E-state index contributed by atoms with van der Waals surface area (Å²) in [5, 5.41) is 10.5. The fourth-order valence-electron chi connectivity index (χ4n) is 3.17. The van der Waals surface area contributed by atoms with Gasteiger partial charge in [-0.05, 0) is 18.2 Å². The van der Waals surface area contributed by atoms with Gasteiger partial charge in [-0.1, -0.05) is 55.9 Å². The molecule has 0 aliphatic heterocycles. The van der Waals surface area contributed by atoms with Crippen LogP contribution in [-0.4, -0.2) is 31.5 Å². The Hall–Kier alpha value is -2.80. The van der Waals surface area contributed by atoms with Crippen molar-refractivity contribution in [3.05, 3.63) is 64.4 Å². The number of rotatable bonds is 5. The molecule has 0 radical (unpaired) electrons. The number of thioether (sulfide) groups is 1. The predicted molar refractivity (Wildman–Crippen MR) is 108 cm³/mol. The second kappa shape index (κ2) is 7.08. The lowest BCUT2D eigenvalue weighted by atomic mass is 10.2. The number of ether oxygens (including phenoxy) is 1. The number of nitrogens with zero attached hydrogens (tertiary/aromatic N) is 4. The summed E-state index contributed by atoms with van der Waals surface area (Å²) in [4.78, 5) is 13.2. The second-order valence-corrected chi connectivity index (χ2v) is 8.05. The molecular weight excluding hydrogens is 360 g/mol. The van der Waals surface area contributed by atoms with Gasteiger partial charge in [-0.15, -0.1) is 10.2 Å². The van der Waals surface area contributed by atoms with E-state index in [2.05, 4.69) is 24.0 Å². The lowest BCUT2D eigenvalue weighted by Gasteiger charge is -2.13. The summed E-state index contributed by atoms with van der Waals surface area (Å²) in [6.07, 6.45) is 0. The van der Waals surface area contributed by atoms with Gasteiger partial charge in [0.05, 0.1) is 24.6 Å². The third-order valence-electron chi connectivity index (χ3n) is 4.34. The molecule has 4 aromatic rings. The van der Waals surface area contributed by atoms with E-state index in [0.29, 0.717) is 23.0 Å². The van der Waals surface area contributed by atoms with Crippen LogP contribution in [0.3, 0.4) is 0 Å². The zero-order valence-corrected chi connectivity index (χ0v) is 16.2. The first-order valence-corrected chi connectivity index (χ1v) is 9.63. The van der Waals surface area contributed by atoms with Gasteiger partial charge >= 0.3 is 0 Å². The molecular formula is C20H20N4O2S. The van der Waals surface area contributed by atoms with Crippen LogP contribution in [0, 0.1) is 0 Å². The van der Waals surface area contributed by atoms with Gasteiger partial charge in [0.2, 0.25) is 5.78 Å². The van der Waals surface area contributed by atoms with Gasteiger partial charge in [-0.2, -0.15) is 0 Å². The normalized spacial score (nSPS) is 11.6. The second-order valence-electron chi connectivity index (χ2n) is 6.50. The van der Waals surface area contributed by atoms with E-state index in [9.17, 15) is 4.79 Å². The lowest BCUT2D eigenvalue weighted by molar-refractivity contribution is 0.408. The van der Waals surface area contributed by atoms with Crippen molar-refractivity contribution in [2.75, 3.05) is 7.11 Å². The van der Waals surface area contributed by atoms with Crippen molar-refractivity contribution in [3.63, 3.8) is 0 Å². The minimum atomic E-state index is -0.0856. The van der Waals surface area contributed by atoms with Crippen molar-refractivity contribution in [2.24, 2.45) is 0 Å². The largest absolute Gasteiger partial charge is 0.496 e. The first-order valence-electron chi connectivity index (χ1n) is 8.75. The van der Waals surface area contributed by atoms with Gasteiger partial charge in [0, 0.05) is 10.8 Å². The van der Waals surface area contributed by atoms with Crippen LogP contribution in [0.4, 0.5) is 0 Å². The molecule has 7 heteroatoms. The minimum Gasteiger partial charge on any atom is -0.496 e. The number of methoxy groups -OCH3 is 1. The molecule has 2 heterocycles. The van der Waals surface area contributed by atoms with Crippen molar-refractivity contribution in [1.82, 2.24) is 19.2 Å². The van der Waals surface area contributed by atoms with Crippen molar-refractivity contribution in [1.29, 1.82) is 0 Å². The highest BCUT2D eigenvalue weighted by atomic mass is 32.2. The molecule has 2 aromatic heterocycles. The third-order valence-corrected chi connectivity index (χ3v) is 5.29. The van der Waals surface area contributed by atoms with Gasteiger partial charge in [0.25, 0.3) is 5.56 Å². The SMILES string of the molecule is COc1ccccc1Cn1c(=O)c2ccccc2n2c(SC(C)C)nnc12. The van der Waals surface area contributed by atoms with Crippen LogP contribution in [-0.2, 0) is 6.54 Å². The Morgan fingerprint density at radius 3 is 2.59 bits per heavy atom. The average molecular weight is 380 g/mol. The third kappa shape index (κ3) is 3.08. The highest BCUT2D eigenvalue weighted by molar-refractivity contribution is 7.99. The van der Waals surface area contributed by atoms with Crippen LogP contribution in [0.1, 0.15) is 19.4 Å². The van der Waals surface area contributed by atoms with Gasteiger partial charge in [0.15, 0.2) is 5.16 Å². The van der Waals surface area contributed by atoms with Gasteiger partial charge < -0.3 is 4.74 Å². The quantitative estimate of drug-likeness (QED) is 0.495. The van der Waals surface area contributed by atoms with Crippen molar-refractivity contribution in [2.45, 2.75) is 30.8 Å². The maximum atomic E-state index is 13.2. The Morgan fingerprint density at radius 1 is 1.07 bits per heavy atom. The van der Waals surface area contributed by atoms with Crippen LogP contribution in [0.2, 0.25) is 0 Å². The molecule has 0 atom stereocenters. The molecule has 0 spiro atoms. The van der Waals surface area contributed by atoms with Crippen LogP contribution >= 0.6 is 11.8 Å². The molecule has 0 aliphatic carbocycles. The highest BCUT2D eigenvalue weighted by Crippen LogP contribution is 2.25. The molecule has 27 heavy (non-hydrogen) atoms. The van der Waals surface area contributed by atoms with Crippen LogP contribution in [0.5, 0.6) is 5.75 Å². The summed E-state index contributed by atoms with van der Waals surface area (Å²) < 4.78 is 9.09. The topological polar surface area (TPSA) is 61.4 Å². The summed E-state index contributed by atoms with van der Waals surface area (Å²) in [6.45, 7) is 4.58. The molecule has 0 bridgehead atoms. The molecule has 0 fully saturated rings. The Labute approximate surface area is 160 Å². The van der Waals surface area contributed by atoms with Gasteiger partial charge in [-0.3, -0.25) is 13.8 Å². The van der Waals surface area contributed by atoms with Gasteiger partial charge in [0.1, 0.15) is 5.75 Å². The smallest absolute Gasteiger partial charge is 0.263 e. The van der Waals surface area contributed by atoms with E-state index in [1.807, 2.05) is 52.9 Å². The Morgan fingerprint density at radius 2 is 1.81 bits per heavy atom. The van der Waals surface area contributed by atoms with E-state index in [1.54, 1.807) is 23.4 Å². The maximum absolute atomic E-state index is 13.2. The molecule has 138 valence electrons. The molecule has 0 unspecified atom stereocenters. The molecule has 6 nitrogen and oxygen atoms in total. The Balaban J connectivity index is 2.00. The fraction of sp³-hybridized carbons (Fsp3) is 0.250. The van der Waals surface area contributed by atoms with E-state index < -0.39 is 0 Å². The van der Waals surface area contributed by atoms with Crippen molar-refractivity contribution < 1.29 is 4.74 Å². The van der Waals surface area contributed by atoms with Crippen LogP contribution in [0.15, 0.2) is 58.5 Å². The lowest BCUT2D eigenvalue weighted by Crippen LogP contribution is -2.24. The zero-order valence-electron chi connectivity index (χ0n) is 15.4. The molecule has 0 amide bonds. The van der Waals surface area contributed by atoms with Crippen LogP contribution in [0.25, 0.3) is 16.7 Å². The number of aromatic nitrogens is 4. The fourth-order valence-corrected chi connectivity index (χ4v) is 3.96. The first-order chi connectivity index (χ1) is 13.1. The summed E-state index contributed by atoms with van der Waals surface area (Å²) in [6, 6.07) is 15.3. The Kier molecular flexibility index (Phi) is 4.61. The first kappa shape index (κ1) is 17.6. The standard InChI is InChI=1S/C20H20N4O2S/c1-13(2)27-20-22-21-19-23(12-14-8-4-7-11-17(14)26-3)18(25)15-9-5-6-10-16(15)24(19)20/h4-11,13H,12H2,1-3H3. The monoisotopic (exact) mass is 380 g/mol. The summed E-state index contributed by atoms with van der Waals surface area (Å²) in [5.41, 5.74) is 1.65. The van der Waals surface area contributed by atoms with E-state index in [0.717, 1.165) is 22.0 Å². The summed E-state index contributed by atoms with van der Waals surface area (Å²) in [7, 11) is 1.63. The maximum Gasteiger partial charge on any atom is 0.263 e. The number of benzene rings is 2. The summed E-state index contributed by atoms with van der Waals surface area (Å²) >= 11 is 1.63. The molecule has 2 aromatic carbocycles. The van der Waals surface area contributed by atoms with Crippen LogP contribution < -0.4 is 10.3 Å². The Bertz CT molecular complexity index is 1180. The molecule has 0 saturated heterocycles. The minimum absolute atomic E-state index is 0.0856. The molecule has 0 aliphatic rings. The van der Waals surface area contributed by atoms with E-state index >= 15 is 0 Å². The molecule has 4 rings (SSSR count). The number of hydrogen-bond acceptors (Lipinski definition) is 5. The zero-order chi connectivity index (χ0) is 19.0. The van der Waals surface area contributed by atoms with Gasteiger partial charge in [-0.25, -0.2) is 0 Å². The molecule has 0 N–H and O–H groups in total. The summed E-state index contributed by atoms with van der Waals surface area (Å²) in [5.74, 6) is 1.28. The van der Waals surface area contributed by atoms with Crippen molar-refractivity contribution in [3.8, 4) is 5.75 Å². The van der Waals surface area contributed by atoms with E-state index in [-0.39, 0.29) is 5.56 Å². The number of hydrogen-bond donors (Lipinski definition) is 0. The average Bonchev–Trinajstić information content (AvgIpc) is 3.08. The number of para-hydroxylation sites is 2.